The Labute approximate surface area is 154 Å². The first-order valence-corrected chi connectivity index (χ1v) is 8.51. The van der Waals surface area contributed by atoms with Crippen LogP contribution in [0.1, 0.15) is 40.5 Å². The number of rotatable bonds is 7. The van der Waals surface area contributed by atoms with E-state index in [1.807, 2.05) is 6.07 Å². The van der Waals surface area contributed by atoms with Gasteiger partial charge in [-0.3, -0.25) is 9.59 Å². The first-order valence-electron chi connectivity index (χ1n) is 8.51. The average Bonchev–Trinajstić information content (AvgIpc) is 3.01. The Morgan fingerprint density at radius 3 is 2.81 bits per heavy atom. The molecule has 3 N–H and O–H groups in total. The first kappa shape index (κ1) is 18.4. The Balaban J connectivity index is 1.50. The van der Waals surface area contributed by atoms with Crippen molar-refractivity contribution in [3.05, 3.63) is 63.6 Å². The predicted octanol–water partition coefficient (Wildman–Crippen LogP) is 2.16. The minimum absolute atomic E-state index is 0.0885. The van der Waals surface area contributed by atoms with E-state index < -0.39 is 5.97 Å². The molecule has 0 spiro atoms. The summed E-state index contributed by atoms with van der Waals surface area (Å²) in [4.78, 5) is 42.1. The Bertz CT molecular complexity index is 1050. The topological polar surface area (TPSA) is 125 Å². The summed E-state index contributed by atoms with van der Waals surface area (Å²) in [5.41, 5.74) is 0.524. The van der Waals surface area contributed by atoms with Gasteiger partial charge in [0, 0.05) is 12.8 Å². The molecule has 1 aromatic carbocycles. The quantitative estimate of drug-likeness (QED) is 0.586. The number of benzene rings is 1. The van der Waals surface area contributed by atoms with Gasteiger partial charge < -0.3 is 19.8 Å². The fourth-order valence-electron chi connectivity index (χ4n) is 2.79. The summed E-state index contributed by atoms with van der Waals surface area (Å²) in [6.07, 6.45) is 1.24. The van der Waals surface area contributed by atoms with E-state index in [9.17, 15) is 14.4 Å². The molecule has 0 aliphatic carbocycles. The van der Waals surface area contributed by atoms with Crippen LogP contribution >= 0.6 is 0 Å². The van der Waals surface area contributed by atoms with Crippen LogP contribution in [0.3, 0.4) is 0 Å². The first-order chi connectivity index (χ1) is 12.9. The molecule has 3 aromatic rings. The molecule has 8 heteroatoms. The second kappa shape index (κ2) is 7.86. The number of hydrogen-bond acceptors (Lipinski definition) is 5. The second-order valence-electron chi connectivity index (χ2n) is 6.15. The third-order valence-corrected chi connectivity index (χ3v) is 4.14. The van der Waals surface area contributed by atoms with Gasteiger partial charge in [0.05, 0.1) is 17.4 Å². The number of carbonyl (C=O) groups excluding carboxylic acids is 1. The number of aromatic nitrogens is 2. The highest BCUT2D eigenvalue weighted by molar-refractivity contribution is 5.88. The summed E-state index contributed by atoms with van der Waals surface area (Å²) < 4.78 is 5.31. The number of furan rings is 1. The smallest absolute Gasteiger partial charge is 0.339 e. The third-order valence-electron chi connectivity index (χ3n) is 4.14. The maximum absolute atomic E-state index is 12.0. The lowest BCUT2D eigenvalue weighted by Crippen LogP contribution is -2.22. The van der Waals surface area contributed by atoms with Crippen molar-refractivity contribution in [1.29, 1.82) is 0 Å². The molecule has 2 heterocycles. The number of hydrogen-bond donors (Lipinski definition) is 3. The van der Waals surface area contributed by atoms with Gasteiger partial charge in [-0.2, -0.15) is 0 Å². The van der Waals surface area contributed by atoms with Crippen molar-refractivity contribution in [1.82, 2.24) is 15.3 Å². The largest absolute Gasteiger partial charge is 0.478 e. The SMILES string of the molecule is Cc1oc(CNC(=O)CCCc2nc3ccccc3c(=O)[nH]2)cc1C(=O)O. The average molecular weight is 369 g/mol. The van der Waals surface area contributed by atoms with Gasteiger partial charge in [-0.25, -0.2) is 9.78 Å². The zero-order chi connectivity index (χ0) is 19.4. The van der Waals surface area contributed by atoms with Crippen LogP contribution in [-0.4, -0.2) is 27.0 Å². The number of aromatic carboxylic acids is 1. The lowest BCUT2D eigenvalue weighted by Gasteiger charge is -2.04. The van der Waals surface area contributed by atoms with Crippen molar-refractivity contribution in [3.8, 4) is 0 Å². The monoisotopic (exact) mass is 369 g/mol. The van der Waals surface area contributed by atoms with Gasteiger partial charge in [0.25, 0.3) is 5.56 Å². The molecule has 3 rings (SSSR count). The van der Waals surface area contributed by atoms with Crippen molar-refractivity contribution >= 4 is 22.8 Å². The van der Waals surface area contributed by atoms with Crippen molar-refractivity contribution in [2.45, 2.75) is 32.7 Å². The molecule has 8 nitrogen and oxygen atoms in total. The molecule has 0 fully saturated rings. The minimum atomic E-state index is -1.06. The van der Waals surface area contributed by atoms with Crippen LogP contribution in [0.25, 0.3) is 10.9 Å². The van der Waals surface area contributed by atoms with Crippen LogP contribution in [0.15, 0.2) is 39.5 Å². The highest BCUT2D eigenvalue weighted by Crippen LogP contribution is 2.14. The van der Waals surface area contributed by atoms with Crippen LogP contribution in [-0.2, 0) is 17.8 Å². The molecule has 0 saturated heterocycles. The molecule has 0 bridgehead atoms. The number of aromatic amines is 1. The molecular weight excluding hydrogens is 350 g/mol. The van der Waals surface area contributed by atoms with E-state index >= 15 is 0 Å². The van der Waals surface area contributed by atoms with Crippen molar-refractivity contribution < 1.29 is 19.1 Å². The summed E-state index contributed by atoms with van der Waals surface area (Å²) >= 11 is 0. The van der Waals surface area contributed by atoms with E-state index in [1.165, 1.54) is 6.07 Å². The zero-order valence-electron chi connectivity index (χ0n) is 14.7. The number of nitrogens with one attached hydrogen (secondary N) is 2. The minimum Gasteiger partial charge on any atom is -0.478 e. The van der Waals surface area contributed by atoms with E-state index in [-0.39, 0.29) is 30.0 Å². The fourth-order valence-corrected chi connectivity index (χ4v) is 2.79. The molecule has 0 saturated carbocycles. The Morgan fingerprint density at radius 1 is 1.30 bits per heavy atom. The summed E-state index contributed by atoms with van der Waals surface area (Å²) in [7, 11) is 0. The van der Waals surface area contributed by atoms with E-state index in [0.717, 1.165) is 0 Å². The predicted molar refractivity (Wildman–Crippen MR) is 97.6 cm³/mol. The standard InChI is InChI=1S/C19H19N3O5/c1-11-14(19(25)26)9-12(27-11)10-20-17(23)8-4-7-16-21-15-6-3-2-5-13(15)18(24)22-16/h2-3,5-6,9H,4,7-8,10H2,1H3,(H,20,23)(H,25,26)(H,21,22,24). The lowest BCUT2D eigenvalue weighted by atomic mass is 10.2. The van der Waals surface area contributed by atoms with Gasteiger partial charge in [-0.05, 0) is 31.5 Å². The lowest BCUT2D eigenvalue weighted by molar-refractivity contribution is -0.121. The van der Waals surface area contributed by atoms with Crippen molar-refractivity contribution in [2.75, 3.05) is 0 Å². The number of nitrogens with zero attached hydrogens (tertiary/aromatic N) is 1. The molecule has 0 aliphatic rings. The summed E-state index contributed by atoms with van der Waals surface area (Å²) in [6, 6.07) is 8.49. The number of para-hydroxylation sites is 1. The van der Waals surface area contributed by atoms with E-state index in [2.05, 4.69) is 15.3 Å². The number of H-pyrrole nitrogens is 1. The molecule has 0 aliphatic heterocycles. The summed E-state index contributed by atoms with van der Waals surface area (Å²) in [6.45, 7) is 1.68. The second-order valence-corrected chi connectivity index (χ2v) is 6.15. The molecule has 1 amide bonds. The number of carboxylic acid groups (broad SMARTS) is 1. The van der Waals surface area contributed by atoms with E-state index in [4.69, 9.17) is 9.52 Å². The Morgan fingerprint density at radius 2 is 2.07 bits per heavy atom. The number of fused-ring (bicyclic) bond motifs is 1. The van der Waals surface area contributed by atoms with Crippen LogP contribution in [0, 0.1) is 6.92 Å². The Hall–Kier alpha value is -3.42. The molecule has 27 heavy (non-hydrogen) atoms. The third kappa shape index (κ3) is 4.41. The maximum atomic E-state index is 12.0. The van der Waals surface area contributed by atoms with Crippen molar-refractivity contribution in [2.24, 2.45) is 0 Å². The van der Waals surface area contributed by atoms with Crippen LogP contribution < -0.4 is 10.9 Å². The number of carbonyl (C=O) groups is 2. The fraction of sp³-hybridized carbons (Fsp3) is 0.263. The Kier molecular flexibility index (Phi) is 5.35. The van der Waals surface area contributed by atoms with Gasteiger partial charge in [0.2, 0.25) is 5.91 Å². The van der Waals surface area contributed by atoms with Crippen molar-refractivity contribution in [3.63, 3.8) is 0 Å². The van der Waals surface area contributed by atoms with E-state index in [0.29, 0.717) is 41.1 Å². The van der Waals surface area contributed by atoms with Gasteiger partial charge in [-0.1, -0.05) is 12.1 Å². The number of aryl methyl sites for hydroxylation is 2. The number of carboxylic acids is 1. The molecule has 0 radical (unpaired) electrons. The van der Waals surface area contributed by atoms with Gasteiger partial charge in [-0.15, -0.1) is 0 Å². The van der Waals surface area contributed by atoms with E-state index in [1.54, 1.807) is 25.1 Å². The molecule has 2 aromatic heterocycles. The van der Waals surface area contributed by atoms with Crippen LogP contribution in [0.4, 0.5) is 0 Å². The molecule has 0 unspecified atom stereocenters. The van der Waals surface area contributed by atoms with Crippen LogP contribution in [0.2, 0.25) is 0 Å². The summed E-state index contributed by atoms with van der Waals surface area (Å²) in [5.74, 6) is -0.0223. The summed E-state index contributed by atoms with van der Waals surface area (Å²) in [5, 5.41) is 12.2. The van der Waals surface area contributed by atoms with Gasteiger partial charge >= 0.3 is 5.97 Å². The highest BCUT2D eigenvalue weighted by Gasteiger charge is 2.14. The van der Waals surface area contributed by atoms with Gasteiger partial charge in [0.1, 0.15) is 22.9 Å². The normalized spacial score (nSPS) is 10.9. The van der Waals surface area contributed by atoms with Crippen LogP contribution in [0.5, 0.6) is 0 Å². The maximum Gasteiger partial charge on any atom is 0.339 e. The molecular formula is C19H19N3O5. The number of amides is 1. The highest BCUT2D eigenvalue weighted by atomic mass is 16.4. The van der Waals surface area contributed by atoms with Gasteiger partial charge in [0.15, 0.2) is 0 Å². The zero-order valence-corrected chi connectivity index (χ0v) is 14.7. The molecule has 0 atom stereocenters. The molecule has 140 valence electrons.